The molecule has 1 nitrogen and oxygen atoms in total. The molecule has 0 aliphatic rings. The Bertz CT molecular complexity index is 314. The molecule has 0 fully saturated rings. The van der Waals surface area contributed by atoms with E-state index in [1.165, 1.54) is 0 Å². The molecule has 0 radical (unpaired) electrons. The first-order valence-corrected chi connectivity index (χ1v) is 4.79. The Balaban J connectivity index is 2.68. The van der Waals surface area contributed by atoms with Gasteiger partial charge in [-0.3, -0.25) is 0 Å². The van der Waals surface area contributed by atoms with Gasteiger partial charge in [0.1, 0.15) is 17.5 Å². The summed E-state index contributed by atoms with van der Waals surface area (Å²) in [6, 6.07) is 1.43. The fourth-order valence-electron chi connectivity index (χ4n) is 1.38. The van der Waals surface area contributed by atoms with Crippen molar-refractivity contribution in [2.45, 2.75) is 12.8 Å². The number of hydrogen-bond donors (Lipinski definition) is 0. The normalized spacial score (nSPS) is 11.1. The first-order chi connectivity index (χ1) is 7.00. The van der Waals surface area contributed by atoms with Crippen LogP contribution in [0, 0.1) is 17.5 Å². The number of halogens is 3. The maximum absolute atomic E-state index is 13.1. The predicted molar refractivity (Wildman–Crippen MR) is 53.2 cm³/mol. The van der Waals surface area contributed by atoms with Crippen molar-refractivity contribution in [3.05, 3.63) is 35.1 Å². The zero-order valence-corrected chi connectivity index (χ0v) is 8.86. The third-order valence-electron chi connectivity index (χ3n) is 2.14. The minimum atomic E-state index is -0.874. The fraction of sp³-hybridized carbons (Fsp3) is 0.455. The van der Waals surface area contributed by atoms with E-state index in [0.717, 1.165) is 6.54 Å². The molecule has 0 atom stereocenters. The van der Waals surface area contributed by atoms with E-state index in [9.17, 15) is 13.2 Å². The van der Waals surface area contributed by atoms with Crippen molar-refractivity contribution in [1.29, 1.82) is 0 Å². The third kappa shape index (κ3) is 3.55. The highest BCUT2D eigenvalue weighted by molar-refractivity contribution is 5.20. The quantitative estimate of drug-likeness (QED) is 0.749. The molecule has 1 aromatic rings. The molecular weight excluding hydrogens is 203 g/mol. The predicted octanol–water partition coefficient (Wildman–Crippen LogP) is 2.60. The molecule has 0 bridgehead atoms. The number of rotatable bonds is 4. The molecule has 1 aromatic carbocycles. The van der Waals surface area contributed by atoms with Crippen molar-refractivity contribution in [3.63, 3.8) is 0 Å². The molecule has 0 saturated carbocycles. The van der Waals surface area contributed by atoms with Crippen molar-refractivity contribution in [3.8, 4) is 0 Å². The van der Waals surface area contributed by atoms with E-state index in [4.69, 9.17) is 0 Å². The number of benzene rings is 1. The minimum absolute atomic E-state index is 0.0294. The third-order valence-corrected chi connectivity index (χ3v) is 2.14. The smallest absolute Gasteiger partial charge is 0.132 e. The highest BCUT2D eigenvalue weighted by atomic mass is 19.1. The fourth-order valence-corrected chi connectivity index (χ4v) is 1.38. The maximum Gasteiger partial charge on any atom is 0.132 e. The van der Waals surface area contributed by atoms with E-state index >= 15 is 0 Å². The van der Waals surface area contributed by atoms with Crippen LogP contribution in [0.4, 0.5) is 13.2 Å². The molecule has 0 heterocycles. The van der Waals surface area contributed by atoms with Crippen LogP contribution in [-0.4, -0.2) is 25.5 Å². The van der Waals surface area contributed by atoms with E-state index < -0.39 is 17.5 Å². The number of hydrogen-bond acceptors (Lipinski definition) is 1. The Labute approximate surface area is 87.5 Å². The van der Waals surface area contributed by atoms with Gasteiger partial charge in [0.05, 0.1) is 0 Å². The molecule has 0 spiro atoms. The van der Waals surface area contributed by atoms with E-state index in [1.54, 1.807) is 0 Å². The lowest BCUT2D eigenvalue weighted by atomic mass is 10.1. The van der Waals surface area contributed by atoms with Crippen LogP contribution < -0.4 is 0 Å². The van der Waals surface area contributed by atoms with Crippen LogP contribution in [0.5, 0.6) is 0 Å². The van der Waals surface area contributed by atoms with Gasteiger partial charge in [-0.05, 0) is 33.5 Å². The highest BCUT2D eigenvalue weighted by Crippen LogP contribution is 2.16. The van der Waals surface area contributed by atoms with Gasteiger partial charge >= 0.3 is 0 Å². The second kappa shape index (κ2) is 5.16. The van der Waals surface area contributed by atoms with Crippen LogP contribution >= 0.6 is 0 Å². The van der Waals surface area contributed by atoms with Crippen LogP contribution in [0.1, 0.15) is 12.0 Å². The average molecular weight is 217 g/mol. The van der Waals surface area contributed by atoms with Crippen LogP contribution in [0.25, 0.3) is 0 Å². The monoisotopic (exact) mass is 217 g/mol. The summed E-state index contributed by atoms with van der Waals surface area (Å²) in [5.74, 6) is -2.47. The van der Waals surface area contributed by atoms with Gasteiger partial charge in [-0.25, -0.2) is 13.2 Å². The minimum Gasteiger partial charge on any atom is -0.309 e. The summed E-state index contributed by atoms with van der Waals surface area (Å²) in [6.45, 7) is 0.746. The lowest BCUT2D eigenvalue weighted by molar-refractivity contribution is 0.396. The standard InChI is InChI=1S/C11H14F3N/c1-15(2)5-3-4-9-10(13)6-8(12)7-11(9)14/h6-7H,3-5H2,1-2H3. The Morgan fingerprint density at radius 2 is 1.60 bits per heavy atom. The van der Waals surface area contributed by atoms with Gasteiger partial charge in [0.25, 0.3) is 0 Å². The van der Waals surface area contributed by atoms with E-state index in [0.29, 0.717) is 18.6 Å². The zero-order valence-electron chi connectivity index (χ0n) is 8.86. The second-order valence-corrected chi connectivity index (χ2v) is 3.75. The molecule has 0 saturated heterocycles. The summed E-state index contributed by atoms with van der Waals surface area (Å²) >= 11 is 0. The van der Waals surface area contributed by atoms with Gasteiger partial charge < -0.3 is 4.90 Å². The molecule has 84 valence electrons. The Morgan fingerprint density at radius 1 is 1.07 bits per heavy atom. The van der Waals surface area contributed by atoms with E-state index in [1.807, 2.05) is 19.0 Å². The van der Waals surface area contributed by atoms with E-state index in [-0.39, 0.29) is 12.0 Å². The summed E-state index contributed by atoms with van der Waals surface area (Å²) in [4.78, 5) is 1.93. The van der Waals surface area contributed by atoms with Crippen molar-refractivity contribution in [2.24, 2.45) is 0 Å². The SMILES string of the molecule is CN(C)CCCc1c(F)cc(F)cc1F. The highest BCUT2D eigenvalue weighted by Gasteiger charge is 2.10. The van der Waals surface area contributed by atoms with E-state index in [2.05, 4.69) is 0 Å². The van der Waals surface area contributed by atoms with Gasteiger partial charge in [0.15, 0.2) is 0 Å². The molecule has 0 unspecified atom stereocenters. The number of nitrogens with zero attached hydrogens (tertiary/aromatic N) is 1. The summed E-state index contributed by atoms with van der Waals surface area (Å²) in [6.07, 6.45) is 0.933. The summed E-state index contributed by atoms with van der Waals surface area (Å²) in [5.41, 5.74) is -0.0294. The Morgan fingerprint density at radius 3 is 2.07 bits per heavy atom. The van der Waals surface area contributed by atoms with Crippen LogP contribution in [0.15, 0.2) is 12.1 Å². The largest absolute Gasteiger partial charge is 0.309 e. The van der Waals surface area contributed by atoms with Crippen LogP contribution in [0.2, 0.25) is 0 Å². The average Bonchev–Trinajstić information content (AvgIpc) is 2.08. The molecule has 0 N–H and O–H groups in total. The van der Waals surface area contributed by atoms with Gasteiger partial charge in [-0.1, -0.05) is 0 Å². The first kappa shape index (κ1) is 12.0. The molecule has 15 heavy (non-hydrogen) atoms. The summed E-state index contributed by atoms with van der Waals surface area (Å²) < 4.78 is 38.9. The zero-order chi connectivity index (χ0) is 11.4. The van der Waals surface area contributed by atoms with Crippen molar-refractivity contribution in [1.82, 2.24) is 4.90 Å². The lowest BCUT2D eigenvalue weighted by Crippen LogP contribution is -2.14. The van der Waals surface area contributed by atoms with Crippen molar-refractivity contribution < 1.29 is 13.2 Å². The summed E-state index contributed by atoms with van der Waals surface area (Å²) in [7, 11) is 3.77. The Hall–Kier alpha value is -1.03. The Kier molecular flexibility index (Phi) is 4.15. The topological polar surface area (TPSA) is 3.24 Å². The van der Waals surface area contributed by atoms with Crippen molar-refractivity contribution in [2.75, 3.05) is 20.6 Å². The lowest BCUT2D eigenvalue weighted by Gasteiger charge is -2.09. The molecule has 0 aromatic heterocycles. The first-order valence-electron chi connectivity index (χ1n) is 4.79. The molecular formula is C11H14F3N. The maximum atomic E-state index is 13.1. The second-order valence-electron chi connectivity index (χ2n) is 3.75. The molecule has 4 heteroatoms. The molecule has 0 aliphatic carbocycles. The van der Waals surface area contributed by atoms with Gasteiger partial charge in [-0.2, -0.15) is 0 Å². The van der Waals surface area contributed by atoms with Gasteiger partial charge in [0.2, 0.25) is 0 Å². The van der Waals surface area contributed by atoms with Crippen LogP contribution in [-0.2, 0) is 6.42 Å². The molecule has 0 aliphatic heterocycles. The van der Waals surface area contributed by atoms with Crippen LogP contribution in [0.3, 0.4) is 0 Å². The van der Waals surface area contributed by atoms with Gasteiger partial charge in [-0.15, -0.1) is 0 Å². The molecule has 1 rings (SSSR count). The van der Waals surface area contributed by atoms with Crippen molar-refractivity contribution >= 4 is 0 Å². The summed E-state index contributed by atoms with van der Waals surface area (Å²) in [5, 5.41) is 0. The molecule has 0 amide bonds. The van der Waals surface area contributed by atoms with Gasteiger partial charge in [0, 0.05) is 17.7 Å².